The third kappa shape index (κ3) is 2.95. The Morgan fingerprint density at radius 2 is 2.25 bits per heavy atom. The molecule has 0 saturated carbocycles. The molecule has 0 saturated heterocycles. The van der Waals surface area contributed by atoms with E-state index in [1.54, 1.807) is 19.2 Å². The van der Waals surface area contributed by atoms with Gasteiger partial charge in [0, 0.05) is 11.9 Å². The Morgan fingerprint density at radius 3 is 2.75 bits per heavy atom. The van der Waals surface area contributed by atoms with Crippen LogP contribution in [0.5, 0.6) is 0 Å². The van der Waals surface area contributed by atoms with E-state index in [1.807, 2.05) is 0 Å². The molecule has 0 bridgehead atoms. The molecule has 1 heterocycles. The smallest absolute Gasteiger partial charge is 0.315 e. The van der Waals surface area contributed by atoms with Crippen molar-refractivity contribution >= 4 is 22.4 Å². The van der Waals surface area contributed by atoms with E-state index < -0.39 is 11.4 Å². The molecule has 0 fully saturated rings. The van der Waals surface area contributed by atoms with E-state index in [2.05, 4.69) is 24.1 Å². The van der Waals surface area contributed by atoms with Crippen LogP contribution in [0.15, 0.2) is 5.38 Å². The van der Waals surface area contributed by atoms with Crippen molar-refractivity contribution < 1.29 is 9.90 Å². The van der Waals surface area contributed by atoms with Gasteiger partial charge < -0.3 is 10.4 Å². The first-order valence-corrected chi connectivity index (χ1v) is 6.15. The molecule has 0 radical (unpaired) electrons. The summed E-state index contributed by atoms with van der Waals surface area (Å²) in [6.45, 7) is 8.40. The molecule has 0 unspecified atom stereocenters. The van der Waals surface area contributed by atoms with Gasteiger partial charge in [-0.15, -0.1) is 11.3 Å². The maximum absolute atomic E-state index is 11.0. The minimum Gasteiger partial charge on any atom is -0.481 e. The van der Waals surface area contributed by atoms with Crippen molar-refractivity contribution in [2.75, 3.05) is 11.9 Å². The monoisotopic (exact) mass is 242 g/mol. The van der Waals surface area contributed by atoms with Crippen LogP contribution in [0, 0.1) is 5.92 Å². The van der Waals surface area contributed by atoms with Crippen LogP contribution < -0.4 is 5.32 Å². The predicted molar refractivity (Wildman–Crippen MR) is 66.1 cm³/mol. The van der Waals surface area contributed by atoms with Gasteiger partial charge in [0.1, 0.15) is 5.41 Å². The van der Waals surface area contributed by atoms with Crippen molar-refractivity contribution in [1.29, 1.82) is 0 Å². The molecule has 5 heteroatoms. The molecule has 0 aliphatic carbocycles. The number of carbonyl (C=O) groups is 1. The molecule has 0 aliphatic heterocycles. The molecule has 16 heavy (non-hydrogen) atoms. The molecule has 0 atom stereocenters. The van der Waals surface area contributed by atoms with Gasteiger partial charge in [-0.3, -0.25) is 4.79 Å². The summed E-state index contributed by atoms with van der Waals surface area (Å²) in [6, 6.07) is 0. The molecule has 1 aromatic heterocycles. The number of carboxylic acid groups (broad SMARTS) is 1. The number of aromatic nitrogens is 1. The van der Waals surface area contributed by atoms with E-state index in [4.69, 9.17) is 5.11 Å². The number of anilines is 1. The Balaban J connectivity index is 2.75. The Morgan fingerprint density at radius 1 is 1.62 bits per heavy atom. The molecule has 4 nitrogen and oxygen atoms in total. The Kier molecular flexibility index (Phi) is 3.91. The molecule has 1 aromatic rings. The fraction of sp³-hybridized carbons (Fsp3) is 0.636. The number of nitrogens with zero attached hydrogens (tertiary/aromatic N) is 1. The lowest BCUT2D eigenvalue weighted by Gasteiger charge is -2.15. The lowest BCUT2D eigenvalue weighted by atomic mass is 9.90. The number of nitrogens with one attached hydrogen (secondary N) is 1. The number of thiazole rings is 1. The highest BCUT2D eigenvalue weighted by atomic mass is 32.1. The summed E-state index contributed by atoms with van der Waals surface area (Å²) in [5.41, 5.74) is -0.315. The van der Waals surface area contributed by atoms with Gasteiger partial charge in [-0.1, -0.05) is 13.8 Å². The van der Waals surface area contributed by atoms with Crippen LogP contribution in [0.1, 0.15) is 33.4 Å². The summed E-state index contributed by atoms with van der Waals surface area (Å²) < 4.78 is 0. The summed E-state index contributed by atoms with van der Waals surface area (Å²) in [5, 5.41) is 14.8. The first kappa shape index (κ1) is 13.0. The number of aliphatic carboxylic acids is 1. The molecular formula is C11H18N2O2S. The maximum Gasteiger partial charge on any atom is 0.315 e. The van der Waals surface area contributed by atoms with Crippen LogP contribution >= 0.6 is 11.3 Å². The van der Waals surface area contributed by atoms with Gasteiger partial charge in [-0.25, -0.2) is 4.98 Å². The summed E-state index contributed by atoms with van der Waals surface area (Å²) in [6.07, 6.45) is 0. The van der Waals surface area contributed by atoms with Crippen LogP contribution in [0.4, 0.5) is 5.13 Å². The van der Waals surface area contributed by atoms with E-state index in [9.17, 15) is 4.79 Å². The second-order valence-corrected chi connectivity index (χ2v) is 5.60. The normalized spacial score (nSPS) is 11.8. The van der Waals surface area contributed by atoms with Crippen molar-refractivity contribution in [3.8, 4) is 0 Å². The molecule has 90 valence electrons. The Bertz CT molecular complexity index is 372. The van der Waals surface area contributed by atoms with Crippen LogP contribution in [-0.4, -0.2) is 22.6 Å². The number of rotatable bonds is 5. The predicted octanol–water partition coefficient (Wildman–Crippen LogP) is 2.57. The van der Waals surface area contributed by atoms with Crippen LogP contribution in [0.25, 0.3) is 0 Å². The van der Waals surface area contributed by atoms with Gasteiger partial charge in [0.15, 0.2) is 5.13 Å². The largest absolute Gasteiger partial charge is 0.481 e. The van der Waals surface area contributed by atoms with Gasteiger partial charge in [0.05, 0.1) is 5.69 Å². The molecule has 1 rings (SSSR count). The minimum absolute atomic E-state index is 0.542. The SMILES string of the molecule is CC(C)CNc1nc(C(C)(C)C(=O)O)cs1. The Hall–Kier alpha value is -1.10. The van der Waals surface area contributed by atoms with Gasteiger partial charge in [0.2, 0.25) is 0 Å². The highest BCUT2D eigenvalue weighted by Crippen LogP contribution is 2.27. The van der Waals surface area contributed by atoms with E-state index in [0.717, 1.165) is 11.7 Å². The zero-order chi connectivity index (χ0) is 12.3. The number of hydrogen-bond donors (Lipinski definition) is 2. The lowest BCUT2D eigenvalue weighted by Crippen LogP contribution is -2.28. The molecule has 0 amide bonds. The van der Waals surface area contributed by atoms with Gasteiger partial charge >= 0.3 is 5.97 Å². The summed E-state index contributed by atoms with van der Waals surface area (Å²) in [4.78, 5) is 15.3. The average Bonchev–Trinajstić information content (AvgIpc) is 2.63. The standard InChI is InChI=1S/C11H18N2O2S/c1-7(2)5-12-10-13-8(6-16-10)11(3,4)9(14)15/h6-7H,5H2,1-4H3,(H,12,13)(H,14,15). The third-order valence-corrected chi connectivity index (χ3v) is 3.14. The average molecular weight is 242 g/mol. The summed E-state index contributed by atoms with van der Waals surface area (Å²) in [5.74, 6) is -0.312. The van der Waals surface area contributed by atoms with Crippen molar-refractivity contribution in [3.63, 3.8) is 0 Å². The Labute approximate surface area is 99.7 Å². The molecule has 2 N–H and O–H groups in total. The quantitative estimate of drug-likeness (QED) is 0.833. The van der Waals surface area contributed by atoms with Crippen molar-refractivity contribution in [3.05, 3.63) is 11.1 Å². The molecular weight excluding hydrogens is 224 g/mol. The molecule has 0 aromatic carbocycles. The first-order chi connectivity index (χ1) is 7.34. The topological polar surface area (TPSA) is 62.2 Å². The number of carboxylic acids is 1. The van der Waals surface area contributed by atoms with Crippen LogP contribution in [0.3, 0.4) is 0 Å². The van der Waals surface area contributed by atoms with E-state index in [1.165, 1.54) is 11.3 Å². The van der Waals surface area contributed by atoms with E-state index >= 15 is 0 Å². The van der Waals surface area contributed by atoms with Gasteiger partial charge in [-0.2, -0.15) is 0 Å². The van der Waals surface area contributed by atoms with Crippen LogP contribution in [-0.2, 0) is 10.2 Å². The summed E-state index contributed by atoms with van der Waals surface area (Å²) in [7, 11) is 0. The van der Waals surface area contributed by atoms with Crippen molar-refractivity contribution in [2.24, 2.45) is 5.92 Å². The minimum atomic E-state index is -0.922. The second-order valence-electron chi connectivity index (χ2n) is 4.74. The number of hydrogen-bond acceptors (Lipinski definition) is 4. The zero-order valence-electron chi connectivity index (χ0n) is 10.1. The maximum atomic E-state index is 11.0. The fourth-order valence-electron chi connectivity index (χ4n) is 1.04. The second kappa shape index (κ2) is 4.82. The van der Waals surface area contributed by atoms with Gasteiger partial charge in [-0.05, 0) is 19.8 Å². The molecule has 0 aliphatic rings. The first-order valence-electron chi connectivity index (χ1n) is 5.27. The van der Waals surface area contributed by atoms with Crippen LogP contribution in [0.2, 0.25) is 0 Å². The lowest BCUT2D eigenvalue weighted by molar-refractivity contribution is -0.142. The van der Waals surface area contributed by atoms with E-state index in [-0.39, 0.29) is 0 Å². The third-order valence-electron chi connectivity index (χ3n) is 2.34. The highest BCUT2D eigenvalue weighted by Gasteiger charge is 2.32. The highest BCUT2D eigenvalue weighted by molar-refractivity contribution is 7.13. The van der Waals surface area contributed by atoms with Gasteiger partial charge in [0.25, 0.3) is 0 Å². The summed E-state index contributed by atoms with van der Waals surface area (Å²) >= 11 is 1.45. The van der Waals surface area contributed by atoms with E-state index in [0.29, 0.717) is 11.6 Å². The van der Waals surface area contributed by atoms with Crippen molar-refractivity contribution in [2.45, 2.75) is 33.1 Å². The van der Waals surface area contributed by atoms with Crippen molar-refractivity contribution in [1.82, 2.24) is 4.98 Å². The molecule has 0 spiro atoms. The fourth-order valence-corrected chi connectivity index (χ4v) is 1.93. The zero-order valence-corrected chi connectivity index (χ0v) is 10.9.